The van der Waals surface area contributed by atoms with E-state index in [0.717, 1.165) is 37.6 Å². The van der Waals surface area contributed by atoms with Gasteiger partial charge in [0.05, 0.1) is 36.0 Å². The summed E-state index contributed by atoms with van der Waals surface area (Å²) in [6.07, 6.45) is 0.814. The Morgan fingerprint density at radius 2 is 2.18 bits per heavy atom. The summed E-state index contributed by atoms with van der Waals surface area (Å²) in [6, 6.07) is 4.85. The summed E-state index contributed by atoms with van der Waals surface area (Å²) < 4.78 is 26.0. The Labute approximate surface area is 167 Å². The molecule has 3 saturated heterocycles. The fourth-order valence-electron chi connectivity index (χ4n) is 3.90. The van der Waals surface area contributed by atoms with Gasteiger partial charge in [0.2, 0.25) is 5.91 Å². The Bertz CT molecular complexity index is 762. The molecule has 1 spiro atoms. The van der Waals surface area contributed by atoms with Crippen LogP contribution in [-0.4, -0.2) is 61.6 Å². The second kappa shape index (κ2) is 7.79. The van der Waals surface area contributed by atoms with Gasteiger partial charge in [-0.1, -0.05) is 0 Å². The van der Waals surface area contributed by atoms with Crippen LogP contribution in [0.3, 0.4) is 0 Å². The van der Waals surface area contributed by atoms with Gasteiger partial charge in [0.25, 0.3) is 0 Å². The van der Waals surface area contributed by atoms with E-state index >= 15 is 0 Å². The lowest BCUT2D eigenvalue weighted by Gasteiger charge is -2.39. The molecule has 1 unspecified atom stereocenters. The molecule has 7 nitrogen and oxygen atoms in total. The molecule has 0 bridgehead atoms. The summed E-state index contributed by atoms with van der Waals surface area (Å²) in [6.45, 7) is 3.43. The number of nitrogens with one attached hydrogen (secondary N) is 1. The van der Waals surface area contributed by atoms with E-state index < -0.39 is 12.2 Å². The Morgan fingerprint density at radius 3 is 2.82 bits per heavy atom. The number of anilines is 2. The molecule has 0 saturated carbocycles. The number of hydrogen-bond donors (Lipinski definition) is 1. The number of piperidine rings is 1. The van der Waals surface area contributed by atoms with Crippen LogP contribution in [0.15, 0.2) is 18.2 Å². The number of halogens is 1. The number of hydrogen-bond acceptors (Lipinski definition) is 6. The molecule has 1 aromatic rings. The van der Waals surface area contributed by atoms with Gasteiger partial charge in [-0.25, -0.2) is 9.18 Å². The first-order valence-corrected chi connectivity index (χ1v) is 10.6. The largest absolute Gasteiger partial charge is 0.442 e. The van der Waals surface area contributed by atoms with Crippen molar-refractivity contribution in [3.05, 3.63) is 24.0 Å². The number of amides is 2. The van der Waals surface area contributed by atoms with E-state index in [1.165, 1.54) is 17.9 Å². The predicted octanol–water partition coefficient (Wildman–Crippen LogP) is 2.35. The highest BCUT2D eigenvalue weighted by Crippen LogP contribution is 2.38. The van der Waals surface area contributed by atoms with E-state index in [-0.39, 0.29) is 30.4 Å². The molecule has 2 amide bonds. The van der Waals surface area contributed by atoms with Crippen molar-refractivity contribution in [2.75, 3.05) is 47.7 Å². The molecule has 1 N–H and O–H groups in total. The topological polar surface area (TPSA) is 71.1 Å². The zero-order valence-electron chi connectivity index (χ0n) is 15.8. The van der Waals surface area contributed by atoms with E-state index in [1.807, 2.05) is 16.7 Å². The summed E-state index contributed by atoms with van der Waals surface area (Å²) >= 11 is 1.81. The van der Waals surface area contributed by atoms with Gasteiger partial charge in [-0.05, 0) is 31.0 Å². The van der Waals surface area contributed by atoms with Crippen LogP contribution in [0.25, 0.3) is 0 Å². The van der Waals surface area contributed by atoms with E-state index in [0.29, 0.717) is 11.4 Å². The third-order valence-corrected chi connectivity index (χ3v) is 6.54. The standard InChI is InChI=1S/C19H24FN3O4S/c1-13(24)21-9-15-10-23(18(25)27-15)14-2-3-17(16(20)8-14)22-6-4-19(5-7-22)11-28-12-26-19/h2-3,8,15H,4-7,9-12H2,1H3,(H,21,24). The summed E-state index contributed by atoms with van der Waals surface area (Å²) in [5.41, 5.74) is 0.965. The fourth-order valence-corrected chi connectivity index (χ4v) is 5.06. The number of thioether (sulfide) groups is 1. The average molecular weight is 409 g/mol. The van der Waals surface area contributed by atoms with E-state index in [1.54, 1.807) is 12.1 Å². The number of carbonyl (C=O) groups is 2. The molecule has 0 aliphatic carbocycles. The first-order chi connectivity index (χ1) is 13.5. The maximum atomic E-state index is 14.8. The van der Waals surface area contributed by atoms with Crippen LogP contribution in [0.2, 0.25) is 0 Å². The molecule has 4 rings (SSSR count). The van der Waals surface area contributed by atoms with Crippen LogP contribution in [-0.2, 0) is 14.3 Å². The van der Waals surface area contributed by atoms with Gasteiger partial charge >= 0.3 is 6.09 Å². The van der Waals surface area contributed by atoms with E-state index in [9.17, 15) is 14.0 Å². The highest BCUT2D eigenvalue weighted by Gasteiger charge is 2.39. The van der Waals surface area contributed by atoms with Gasteiger partial charge in [-0.2, -0.15) is 0 Å². The summed E-state index contributed by atoms with van der Waals surface area (Å²) in [5.74, 6) is 1.22. The molecule has 3 aliphatic rings. The normalized spacial score (nSPS) is 23.9. The van der Waals surface area contributed by atoms with Gasteiger partial charge in [-0.15, -0.1) is 11.8 Å². The molecule has 3 aliphatic heterocycles. The molecule has 1 aromatic carbocycles. The number of ether oxygens (including phenoxy) is 2. The van der Waals surface area contributed by atoms with Crippen LogP contribution in [0.5, 0.6) is 0 Å². The third kappa shape index (κ3) is 3.91. The van der Waals surface area contributed by atoms with E-state index in [2.05, 4.69) is 5.32 Å². The quantitative estimate of drug-likeness (QED) is 0.823. The number of carbonyl (C=O) groups excluding carboxylic acids is 2. The van der Waals surface area contributed by atoms with Crippen LogP contribution < -0.4 is 15.1 Å². The second-order valence-corrected chi connectivity index (χ2v) is 8.40. The van der Waals surface area contributed by atoms with Crippen molar-refractivity contribution >= 4 is 35.1 Å². The second-order valence-electron chi connectivity index (χ2n) is 7.47. The lowest BCUT2D eigenvalue weighted by atomic mass is 9.93. The number of benzene rings is 1. The number of cyclic esters (lactones) is 1. The van der Waals surface area contributed by atoms with Crippen molar-refractivity contribution in [2.24, 2.45) is 0 Å². The Hall–Kier alpha value is -2.00. The van der Waals surface area contributed by atoms with Crippen molar-refractivity contribution in [1.82, 2.24) is 5.32 Å². The highest BCUT2D eigenvalue weighted by atomic mass is 32.2. The minimum absolute atomic E-state index is 0.0419. The monoisotopic (exact) mass is 409 g/mol. The van der Waals surface area contributed by atoms with Crippen LogP contribution in [0.1, 0.15) is 19.8 Å². The van der Waals surface area contributed by atoms with Crippen molar-refractivity contribution < 1.29 is 23.5 Å². The van der Waals surface area contributed by atoms with Gasteiger partial charge in [-0.3, -0.25) is 9.69 Å². The first kappa shape index (κ1) is 19.3. The Kier molecular flexibility index (Phi) is 5.37. The molecule has 9 heteroatoms. The molecule has 0 radical (unpaired) electrons. The van der Waals surface area contributed by atoms with Crippen molar-refractivity contribution in [2.45, 2.75) is 31.5 Å². The Balaban J connectivity index is 1.41. The zero-order valence-corrected chi connectivity index (χ0v) is 16.6. The summed E-state index contributed by atoms with van der Waals surface area (Å²) in [7, 11) is 0. The maximum Gasteiger partial charge on any atom is 0.414 e. The SMILES string of the molecule is CC(=O)NCC1CN(c2ccc(N3CCC4(CC3)CSCO4)c(F)c2)C(=O)O1. The van der Waals surface area contributed by atoms with Gasteiger partial charge in [0, 0.05) is 25.8 Å². The van der Waals surface area contributed by atoms with Crippen molar-refractivity contribution in [1.29, 1.82) is 0 Å². The summed E-state index contributed by atoms with van der Waals surface area (Å²) in [4.78, 5) is 26.6. The summed E-state index contributed by atoms with van der Waals surface area (Å²) in [5, 5.41) is 2.63. The van der Waals surface area contributed by atoms with Crippen LogP contribution in [0.4, 0.5) is 20.6 Å². The van der Waals surface area contributed by atoms with E-state index in [4.69, 9.17) is 9.47 Å². The lowest BCUT2D eigenvalue weighted by Crippen LogP contribution is -2.45. The molecule has 28 heavy (non-hydrogen) atoms. The van der Waals surface area contributed by atoms with Crippen molar-refractivity contribution in [3.8, 4) is 0 Å². The number of rotatable bonds is 4. The Morgan fingerprint density at radius 1 is 1.39 bits per heavy atom. The molecule has 0 aromatic heterocycles. The first-order valence-electron chi connectivity index (χ1n) is 9.45. The molecule has 1 atom stereocenters. The zero-order chi connectivity index (χ0) is 19.7. The van der Waals surface area contributed by atoms with Crippen molar-refractivity contribution in [3.63, 3.8) is 0 Å². The highest BCUT2D eigenvalue weighted by molar-refractivity contribution is 7.99. The predicted molar refractivity (Wildman–Crippen MR) is 105 cm³/mol. The van der Waals surface area contributed by atoms with Crippen LogP contribution in [0, 0.1) is 5.82 Å². The molecular formula is C19H24FN3O4S. The minimum atomic E-state index is -0.529. The molecule has 152 valence electrons. The van der Waals surface area contributed by atoms with Gasteiger partial charge in [0.15, 0.2) is 0 Å². The lowest BCUT2D eigenvalue weighted by molar-refractivity contribution is -0.119. The third-order valence-electron chi connectivity index (χ3n) is 5.52. The smallest absolute Gasteiger partial charge is 0.414 e. The molecule has 3 fully saturated rings. The number of nitrogens with zero attached hydrogens (tertiary/aromatic N) is 2. The van der Waals surface area contributed by atoms with Gasteiger partial charge in [0.1, 0.15) is 11.9 Å². The molecule has 3 heterocycles. The maximum absolute atomic E-state index is 14.8. The minimum Gasteiger partial charge on any atom is -0.442 e. The fraction of sp³-hybridized carbons (Fsp3) is 0.579. The van der Waals surface area contributed by atoms with Crippen LogP contribution >= 0.6 is 11.8 Å². The van der Waals surface area contributed by atoms with Gasteiger partial charge < -0.3 is 19.7 Å². The average Bonchev–Trinajstić information content (AvgIpc) is 3.28. The molecular weight excluding hydrogens is 385 g/mol.